The van der Waals surface area contributed by atoms with E-state index in [0.717, 1.165) is 19.2 Å². The highest BCUT2D eigenvalue weighted by Crippen LogP contribution is 2.30. The molecule has 1 aliphatic heterocycles. The van der Waals surface area contributed by atoms with E-state index in [9.17, 15) is 19.2 Å². The topological polar surface area (TPSA) is 87.9 Å². The van der Waals surface area contributed by atoms with Crippen LogP contribution in [-0.2, 0) is 23.9 Å². The highest BCUT2D eigenvalue weighted by atomic mass is 19.1. The molecule has 0 radical (unpaired) electrons. The lowest BCUT2D eigenvalue weighted by Gasteiger charge is -2.17. The Balaban J connectivity index is 2.45. The summed E-state index contributed by atoms with van der Waals surface area (Å²) >= 11 is 0. The maximum Gasteiger partial charge on any atom is 0.405 e. The van der Waals surface area contributed by atoms with Crippen LogP contribution in [0.3, 0.4) is 0 Å². The number of carbonyl (C=O) groups is 2. The number of ether oxygens (including phenoxy) is 2. The van der Waals surface area contributed by atoms with Crippen LogP contribution in [0.4, 0.5) is 4.39 Å². The molecule has 0 unspecified atom stereocenters. The number of halogens is 1. The third-order valence-electron chi connectivity index (χ3n) is 3.15. The lowest BCUT2D eigenvalue weighted by atomic mass is 9.89. The van der Waals surface area contributed by atoms with E-state index >= 15 is 0 Å². The highest BCUT2D eigenvalue weighted by Gasteiger charge is 2.50. The van der Waals surface area contributed by atoms with Crippen molar-refractivity contribution in [3.05, 3.63) is 40.9 Å². The van der Waals surface area contributed by atoms with E-state index in [4.69, 9.17) is 9.57 Å². The molecule has 0 spiro atoms. The van der Waals surface area contributed by atoms with Gasteiger partial charge in [-0.2, -0.15) is 0 Å². The smallest absolute Gasteiger partial charge is 0.405 e. The molecule has 0 fully saturated rings. The molecule has 7 nitrogen and oxygen atoms in total. The molecule has 22 heavy (non-hydrogen) atoms. The van der Waals surface area contributed by atoms with Crippen molar-refractivity contribution in [3.63, 3.8) is 0 Å². The molecule has 0 amide bonds. The summed E-state index contributed by atoms with van der Waals surface area (Å²) in [7, 11) is 1.10. The van der Waals surface area contributed by atoms with Crippen molar-refractivity contribution < 1.29 is 33.2 Å². The Kier molecular flexibility index (Phi) is 4.59. The summed E-state index contributed by atoms with van der Waals surface area (Å²) in [5, 5.41) is 11.8. The Morgan fingerprint density at radius 3 is 2.55 bits per heavy atom. The lowest BCUT2D eigenvalue weighted by Crippen LogP contribution is -2.34. The van der Waals surface area contributed by atoms with Crippen molar-refractivity contribution >= 4 is 17.7 Å². The van der Waals surface area contributed by atoms with Crippen molar-refractivity contribution in [2.24, 2.45) is 0 Å². The molecule has 0 bridgehead atoms. The van der Waals surface area contributed by atoms with Crippen LogP contribution in [0.1, 0.15) is 18.4 Å². The predicted octanol–water partition coefficient (Wildman–Crippen LogP) is 0.910. The van der Waals surface area contributed by atoms with Gasteiger partial charge in [0.1, 0.15) is 11.7 Å². The Morgan fingerprint density at radius 2 is 2.00 bits per heavy atom. The normalized spacial score (nSPS) is 20.5. The number of hydrogen-bond donors (Lipinski definition) is 0. The number of benzene rings is 1. The molecule has 0 saturated heterocycles. The Morgan fingerprint density at radius 1 is 1.36 bits per heavy atom. The van der Waals surface area contributed by atoms with Gasteiger partial charge in [0.05, 0.1) is 18.6 Å². The first-order chi connectivity index (χ1) is 10.5. The van der Waals surface area contributed by atoms with Gasteiger partial charge in [-0.05, 0) is 24.6 Å². The first-order valence-electron chi connectivity index (χ1n) is 6.50. The Hall–Kier alpha value is -2.64. The van der Waals surface area contributed by atoms with Crippen molar-refractivity contribution in [2.75, 3.05) is 13.7 Å². The molecule has 0 aliphatic carbocycles. The van der Waals surface area contributed by atoms with Gasteiger partial charge in [-0.1, -0.05) is 12.1 Å². The average Bonchev–Trinajstić information content (AvgIpc) is 2.85. The van der Waals surface area contributed by atoms with E-state index in [2.05, 4.69) is 4.74 Å². The molecule has 8 heteroatoms. The number of rotatable bonds is 4. The van der Waals surface area contributed by atoms with Crippen molar-refractivity contribution in [1.82, 2.24) is 0 Å². The van der Waals surface area contributed by atoms with E-state index in [-0.39, 0.29) is 11.5 Å². The van der Waals surface area contributed by atoms with Gasteiger partial charge < -0.3 is 14.3 Å². The third kappa shape index (κ3) is 2.85. The zero-order valence-corrected chi connectivity index (χ0v) is 11.9. The summed E-state index contributed by atoms with van der Waals surface area (Å²) in [5.41, 5.74) is -0.0367. The van der Waals surface area contributed by atoms with Crippen molar-refractivity contribution in [1.29, 1.82) is 0 Å². The molecular weight excluding hydrogens is 297 g/mol. The van der Waals surface area contributed by atoms with Crippen molar-refractivity contribution in [2.45, 2.75) is 18.9 Å². The second-order valence-electron chi connectivity index (χ2n) is 4.44. The molecule has 1 aromatic rings. The fourth-order valence-electron chi connectivity index (χ4n) is 2.19. The zero-order valence-electron chi connectivity index (χ0n) is 11.9. The minimum atomic E-state index is -1.34. The molecule has 0 saturated carbocycles. The summed E-state index contributed by atoms with van der Waals surface area (Å²) in [6.07, 6.45) is -1.34. The fourth-order valence-corrected chi connectivity index (χ4v) is 2.19. The van der Waals surface area contributed by atoms with Gasteiger partial charge >= 0.3 is 17.7 Å². The van der Waals surface area contributed by atoms with Gasteiger partial charge in [-0.3, -0.25) is 10.0 Å². The first kappa shape index (κ1) is 15.7. The monoisotopic (exact) mass is 311 g/mol. The molecule has 1 heterocycles. The van der Waals surface area contributed by atoms with Crippen LogP contribution in [0.5, 0.6) is 0 Å². The van der Waals surface area contributed by atoms with Crippen LogP contribution in [-0.4, -0.2) is 42.4 Å². The highest BCUT2D eigenvalue weighted by molar-refractivity contribution is 6.37. The number of hydrogen-bond acceptors (Lipinski definition) is 6. The van der Waals surface area contributed by atoms with Crippen LogP contribution in [0.15, 0.2) is 24.3 Å². The number of nitrogens with zero attached hydrogens (tertiary/aromatic N) is 1. The summed E-state index contributed by atoms with van der Waals surface area (Å²) in [6.45, 7) is 1.68. The van der Waals surface area contributed by atoms with Crippen LogP contribution in [0, 0.1) is 11.0 Å². The quantitative estimate of drug-likeness (QED) is 0.606. The van der Waals surface area contributed by atoms with Gasteiger partial charge in [0.15, 0.2) is 6.10 Å². The van der Waals surface area contributed by atoms with Crippen LogP contribution in [0.2, 0.25) is 0 Å². The van der Waals surface area contributed by atoms with Gasteiger partial charge in [0, 0.05) is 0 Å². The summed E-state index contributed by atoms with van der Waals surface area (Å²) in [4.78, 5) is 28.6. The second-order valence-corrected chi connectivity index (χ2v) is 4.44. The first-order valence-corrected chi connectivity index (χ1v) is 6.50. The van der Waals surface area contributed by atoms with E-state index < -0.39 is 35.5 Å². The predicted molar refractivity (Wildman–Crippen MR) is 71.3 cm³/mol. The maximum atomic E-state index is 13.1. The van der Waals surface area contributed by atoms with Gasteiger partial charge in [0.25, 0.3) is 0 Å². The third-order valence-corrected chi connectivity index (χ3v) is 3.15. The van der Waals surface area contributed by atoms with E-state index in [0.29, 0.717) is 5.56 Å². The molecule has 0 aromatic heterocycles. The van der Waals surface area contributed by atoms with E-state index in [1.165, 1.54) is 12.1 Å². The molecule has 118 valence electrons. The second kappa shape index (κ2) is 6.42. The zero-order chi connectivity index (χ0) is 16.3. The molecule has 2 rings (SSSR count). The summed E-state index contributed by atoms with van der Waals surface area (Å²) in [6, 6.07) is 5.02. The molecule has 1 aromatic carbocycles. The number of esters is 2. The molecule has 2 atom stereocenters. The molecule has 1 aliphatic rings. The Bertz CT molecular complexity index is 612. The van der Waals surface area contributed by atoms with Crippen LogP contribution < -0.4 is 0 Å². The number of carbonyl (C=O) groups excluding carboxylic acids is 2. The average molecular weight is 311 g/mol. The van der Waals surface area contributed by atoms with Crippen LogP contribution in [0.25, 0.3) is 0 Å². The van der Waals surface area contributed by atoms with E-state index in [1.807, 2.05) is 0 Å². The summed E-state index contributed by atoms with van der Waals surface area (Å²) in [5.74, 6) is -3.26. The molecule has 0 N–H and O–H groups in total. The van der Waals surface area contributed by atoms with Gasteiger partial charge in [0.2, 0.25) is 0 Å². The van der Waals surface area contributed by atoms with Crippen LogP contribution >= 0.6 is 0 Å². The molecular formula is C14H14FNO6. The van der Waals surface area contributed by atoms with Gasteiger partial charge in [-0.15, -0.1) is 0 Å². The maximum absolute atomic E-state index is 13.1. The standard InChI is InChI=1S/C14H14FNO6/c1-3-21-14(18)12-10(8-4-6-9(15)7-5-8)11(13(17)20-2)16(19)22-12/h4-7,10,12H,3H2,1-2H3/t10-,12-/m1/s1. The lowest BCUT2D eigenvalue weighted by molar-refractivity contribution is -0.736. The van der Waals surface area contributed by atoms with Crippen molar-refractivity contribution in [3.8, 4) is 0 Å². The minimum Gasteiger partial charge on any atom is -0.465 e. The fraction of sp³-hybridized carbons (Fsp3) is 0.357. The Labute approximate surface area is 125 Å². The SMILES string of the molecule is CCOC(=O)[C@@H]1O[N+]([O-])=C(C(=O)OC)[C@H]1c1ccc(F)cc1. The van der Waals surface area contributed by atoms with Gasteiger partial charge in [-0.25, -0.2) is 9.18 Å². The largest absolute Gasteiger partial charge is 0.465 e. The van der Waals surface area contributed by atoms with E-state index in [1.54, 1.807) is 6.92 Å². The minimum absolute atomic E-state index is 0.0541. The number of methoxy groups -OCH3 is 1. The summed E-state index contributed by atoms with van der Waals surface area (Å²) < 4.78 is 22.4.